The van der Waals surface area contributed by atoms with Gasteiger partial charge in [-0.25, -0.2) is 4.98 Å². The Morgan fingerprint density at radius 2 is 1.17 bits per heavy atom. The molecule has 5 heteroatoms. The Kier molecular flexibility index (Phi) is 9.14. The molecule has 0 saturated heterocycles. The van der Waals surface area contributed by atoms with E-state index < -0.39 is 0 Å². The summed E-state index contributed by atoms with van der Waals surface area (Å²) in [6, 6.07) is 63.7. The monoisotopic (exact) mass is 829 g/mol. The molecule has 310 valence electrons. The van der Waals surface area contributed by atoms with Crippen molar-refractivity contribution in [2.75, 3.05) is 0 Å². The van der Waals surface area contributed by atoms with Crippen molar-refractivity contribution >= 4 is 43.7 Å². The molecule has 0 spiro atoms. The minimum atomic E-state index is -0.356. The normalized spacial score (nSPS) is 12.2. The molecule has 0 unspecified atom stereocenters. The van der Waals surface area contributed by atoms with E-state index in [1.807, 2.05) is 24.4 Å². The highest BCUT2D eigenvalue weighted by Gasteiger charge is 2.27. The van der Waals surface area contributed by atoms with Gasteiger partial charge in [-0.2, -0.15) is 0 Å². The Labute approximate surface area is 373 Å². The molecule has 11 aromatic rings. The molecule has 0 aliphatic rings. The number of imidazole rings is 1. The predicted octanol–water partition coefficient (Wildman–Crippen LogP) is 15.5. The summed E-state index contributed by atoms with van der Waals surface area (Å²) in [4.78, 5) is 10.6. The lowest BCUT2D eigenvalue weighted by Gasteiger charge is -2.27. The third-order valence-corrected chi connectivity index (χ3v) is 13.0. The lowest BCUT2D eigenvalue weighted by molar-refractivity contribution is 0.477. The minimum Gasteiger partial charge on any atom is -0.507 e. The molecule has 5 nitrogen and oxygen atoms in total. The van der Waals surface area contributed by atoms with Gasteiger partial charge in [-0.1, -0.05) is 156 Å². The number of para-hydroxylation sites is 2. The zero-order valence-corrected chi connectivity index (χ0v) is 36.6. The Bertz CT molecular complexity index is 3570. The fourth-order valence-electron chi connectivity index (χ4n) is 9.30. The summed E-state index contributed by atoms with van der Waals surface area (Å²) in [6.07, 6.45) is 1.86. The number of aromatic hydroxyl groups is 1. The van der Waals surface area contributed by atoms with E-state index in [-0.39, 0.29) is 16.6 Å². The van der Waals surface area contributed by atoms with Crippen LogP contribution in [0.25, 0.3) is 94.3 Å². The minimum absolute atomic E-state index is 0.0680. The number of benzene rings is 8. The molecule has 0 bridgehead atoms. The van der Waals surface area contributed by atoms with Gasteiger partial charge in [0.05, 0.1) is 34.2 Å². The van der Waals surface area contributed by atoms with Gasteiger partial charge < -0.3 is 9.52 Å². The molecule has 0 atom stereocenters. The van der Waals surface area contributed by atoms with Gasteiger partial charge in [0.25, 0.3) is 0 Å². The maximum atomic E-state index is 11.5. The molecule has 0 aliphatic heterocycles. The third kappa shape index (κ3) is 6.63. The van der Waals surface area contributed by atoms with Gasteiger partial charge in [0.2, 0.25) is 0 Å². The number of nitrogens with zero attached hydrogens (tertiary/aromatic N) is 3. The second-order valence-electron chi connectivity index (χ2n) is 18.5. The first-order chi connectivity index (χ1) is 31.0. The second kappa shape index (κ2) is 15.0. The molecule has 11 rings (SSSR count). The topological polar surface area (TPSA) is 64.1 Å². The zero-order valence-electron chi connectivity index (χ0n) is 36.6. The van der Waals surface area contributed by atoms with Crippen LogP contribution in [0, 0.1) is 0 Å². The number of hydrogen-bond donors (Lipinski definition) is 1. The van der Waals surface area contributed by atoms with Crippen LogP contribution in [0.1, 0.15) is 51.3 Å². The summed E-state index contributed by atoms with van der Waals surface area (Å²) in [5.41, 5.74) is 14.2. The van der Waals surface area contributed by atoms with E-state index in [2.05, 4.69) is 197 Å². The largest absolute Gasteiger partial charge is 0.507 e. The molecule has 0 saturated carbocycles. The highest BCUT2D eigenvalue weighted by atomic mass is 16.3. The van der Waals surface area contributed by atoms with Crippen molar-refractivity contribution in [2.45, 2.75) is 45.4 Å². The van der Waals surface area contributed by atoms with Crippen LogP contribution in [0.5, 0.6) is 5.75 Å². The van der Waals surface area contributed by atoms with E-state index in [1.165, 1.54) is 16.5 Å². The van der Waals surface area contributed by atoms with Crippen molar-refractivity contribution in [3.05, 3.63) is 205 Å². The molecule has 0 radical (unpaired) electrons. The van der Waals surface area contributed by atoms with Crippen LogP contribution in [-0.4, -0.2) is 19.6 Å². The van der Waals surface area contributed by atoms with Gasteiger partial charge in [0.1, 0.15) is 17.2 Å². The average Bonchev–Trinajstić information content (AvgIpc) is 3.88. The van der Waals surface area contributed by atoms with Crippen molar-refractivity contribution < 1.29 is 9.52 Å². The first kappa shape index (κ1) is 39.1. The van der Waals surface area contributed by atoms with Gasteiger partial charge >= 0.3 is 0 Å². The number of furan rings is 1. The molecule has 64 heavy (non-hydrogen) atoms. The summed E-state index contributed by atoms with van der Waals surface area (Å²) in [5.74, 6) is 0.831. The van der Waals surface area contributed by atoms with E-state index in [1.54, 1.807) is 6.07 Å². The SMILES string of the molecule is CC(C)(C)c1ccc(-n2c(-c3ccccc3O)nc3c(-c4cc(-c5cc6c(cn5)oc5cc7ccccc7cc56)cc(C(C)(C)c5ccccc5)c4)cccc32)c(-c2ccccc2)c1. The third-order valence-electron chi connectivity index (χ3n) is 13.0. The molecule has 1 N–H and O–H groups in total. The van der Waals surface area contributed by atoms with E-state index in [9.17, 15) is 5.11 Å². The highest BCUT2D eigenvalue weighted by molar-refractivity contribution is 6.10. The maximum absolute atomic E-state index is 11.5. The Morgan fingerprint density at radius 1 is 0.500 bits per heavy atom. The molecule has 0 aliphatic carbocycles. The first-order valence-electron chi connectivity index (χ1n) is 21.9. The van der Waals surface area contributed by atoms with E-state index in [0.717, 1.165) is 83.1 Å². The van der Waals surface area contributed by atoms with Crippen molar-refractivity contribution in [3.8, 4) is 56.3 Å². The summed E-state index contributed by atoms with van der Waals surface area (Å²) in [6.45, 7) is 11.3. The van der Waals surface area contributed by atoms with Crippen LogP contribution >= 0.6 is 0 Å². The lowest BCUT2D eigenvalue weighted by Crippen LogP contribution is -2.19. The summed E-state index contributed by atoms with van der Waals surface area (Å²) < 4.78 is 8.62. The second-order valence-corrected chi connectivity index (χ2v) is 18.5. The number of phenolic OH excluding ortho intramolecular Hbond substituents is 1. The van der Waals surface area contributed by atoms with E-state index in [4.69, 9.17) is 14.4 Å². The molecule has 3 aromatic heterocycles. The smallest absolute Gasteiger partial charge is 0.153 e. The van der Waals surface area contributed by atoms with E-state index in [0.29, 0.717) is 11.4 Å². The summed E-state index contributed by atoms with van der Waals surface area (Å²) in [7, 11) is 0. The van der Waals surface area contributed by atoms with Gasteiger partial charge in [-0.3, -0.25) is 9.55 Å². The van der Waals surface area contributed by atoms with Gasteiger partial charge in [0, 0.05) is 32.9 Å². The van der Waals surface area contributed by atoms with Gasteiger partial charge in [-0.05, 0) is 105 Å². The van der Waals surface area contributed by atoms with Crippen LogP contribution in [0.4, 0.5) is 0 Å². The average molecular weight is 830 g/mol. The van der Waals surface area contributed by atoms with Gasteiger partial charge in [0.15, 0.2) is 5.58 Å². The number of phenols is 1. The number of rotatable bonds is 7. The lowest BCUT2D eigenvalue weighted by atomic mass is 9.76. The molecular formula is C59H47N3O2. The van der Waals surface area contributed by atoms with Crippen molar-refractivity contribution in [1.82, 2.24) is 14.5 Å². The predicted molar refractivity (Wildman–Crippen MR) is 264 cm³/mol. The molecule has 0 fully saturated rings. The number of fused-ring (bicyclic) bond motifs is 5. The summed E-state index contributed by atoms with van der Waals surface area (Å²) in [5, 5.41) is 15.9. The number of hydrogen-bond acceptors (Lipinski definition) is 4. The Balaban J connectivity index is 1.17. The van der Waals surface area contributed by atoms with Crippen molar-refractivity contribution in [3.63, 3.8) is 0 Å². The molecule has 0 amide bonds. The van der Waals surface area contributed by atoms with Crippen LogP contribution in [0.2, 0.25) is 0 Å². The summed E-state index contributed by atoms with van der Waals surface area (Å²) >= 11 is 0. The fourth-order valence-corrected chi connectivity index (χ4v) is 9.30. The Hall–Kier alpha value is -7.76. The maximum Gasteiger partial charge on any atom is 0.153 e. The van der Waals surface area contributed by atoms with Crippen molar-refractivity contribution in [1.29, 1.82) is 0 Å². The molecule has 8 aromatic carbocycles. The molecular weight excluding hydrogens is 783 g/mol. The number of aromatic nitrogens is 3. The quantitative estimate of drug-likeness (QED) is 0.174. The molecule has 3 heterocycles. The van der Waals surface area contributed by atoms with Crippen LogP contribution in [0.3, 0.4) is 0 Å². The van der Waals surface area contributed by atoms with Crippen molar-refractivity contribution in [2.24, 2.45) is 0 Å². The number of pyridine rings is 1. The first-order valence-corrected chi connectivity index (χ1v) is 21.9. The van der Waals surface area contributed by atoms with Crippen LogP contribution in [-0.2, 0) is 10.8 Å². The Morgan fingerprint density at radius 3 is 1.94 bits per heavy atom. The highest BCUT2D eigenvalue weighted by Crippen LogP contribution is 2.44. The van der Waals surface area contributed by atoms with Crippen LogP contribution < -0.4 is 0 Å². The fraction of sp³-hybridized carbons (Fsp3) is 0.119. The standard InChI is InChI=1S/C59H47N3O2/c1-58(2,3)43-27-28-51(47(34-43)37-17-8-6-9-18-37)62-52-25-16-24-45(56(52)61-57(62)46-23-14-15-26-53(46)63)40-29-41(31-44(30-40)59(4,5)42-21-10-7-11-22-42)50-35-49-48-32-38-19-12-13-20-39(38)33-54(48)64-55(49)36-60-50/h6-36,63H,1-5H3. The van der Waals surface area contributed by atoms with Gasteiger partial charge in [-0.15, -0.1) is 0 Å². The van der Waals surface area contributed by atoms with Crippen LogP contribution in [0.15, 0.2) is 193 Å². The zero-order chi connectivity index (χ0) is 43.7. The van der Waals surface area contributed by atoms with E-state index >= 15 is 0 Å².